The predicted octanol–water partition coefficient (Wildman–Crippen LogP) is 6.45. The summed E-state index contributed by atoms with van der Waals surface area (Å²) in [5, 5.41) is 4.34. The van der Waals surface area contributed by atoms with E-state index in [0.29, 0.717) is 15.6 Å². The van der Waals surface area contributed by atoms with E-state index in [0.717, 1.165) is 49.0 Å². The molecule has 1 heterocycles. The topological polar surface area (TPSA) is 75.4 Å². The number of likely N-dealkylation sites (tertiary alicyclic amines) is 1. The molecule has 7 heteroatoms. The smallest absolute Gasteiger partial charge is 0.248 e. The average molecular weight is 539 g/mol. The molecular weight excluding hydrogens is 505 g/mol. The second kappa shape index (κ2) is 11.7. The van der Waals surface area contributed by atoms with E-state index < -0.39 is 11.4 Å². The van der Waals surface area contributed by atoms with Crippen molar-refractivity contribution >= 4 is 35.0 Å². The fraction of sp³-hybridized carbons (Fsp3) is 0.333. The number of primary amides is 1. The van der Waals surface area contributed by atoms with Crippen LogP contribution in [0.1, 0.15) is 72.1 Å². The molecule has 1 aliphatic rings. The zero-order valence-electron chi connectivity index (χ0n) is 21.2. The molecule has 2 amide bonds. The molecule has 4 rings (SSSR count). The van der Waals surface area contributed by atoms with Gasteiger partial charge in [0.2, 0.25) is 11.8 Å². The molecule has 1 fully saturated rings. The summed E-state index contributed by atoms with van der Waals surface area (Å²) in [5.41, 5.74) is 8.93. The van der Waals surface area contributed by atoms with E-state index >= 15 is 0 Å². The van der Waals surface area contributed by atoms with Crippen LogP contribution in [0.2, 0.25) is 10.0 Å². The van der Waals surface area contributed by atoms with E-state index in [1.807, 2.05) is 48.5 Å². The molecule has 1 aliphatic heterocycles. The van der Waals surface area contributed by atoms with Crippen LogP contribution >= 0.6 is 23.2 Å². The van der Waals surface area contributed by atoms with Crippen LogP contribution < -0.4 is 11.1 Å². The van der Waals surface area contributed by atoms with Gasteiger partial charge in [0, 0.05) is 37.5 Å². The van der Waals surface area contributed by atoms with Crippen molar-refractivity contribution in [3.8, 4) is 0 Å². The van der Waals surface area contributed by atoms with Gasteiger partial charge in [-0.2, -0.15) is 0 Å². The molecule has 0 spiro atoms. The van der Waals surface area contributed by atoms with Gasteiger partial charge in [-0.15, -0.1) is 0 Å². The Morgan fingerprint density at radius 2 is 1.57 bits per heavy atom. The van der Waals surface area contributed by atoms with E-state index in [2.05, 4.69) is 29.3 Å². The largest absolute Gasteiger partial charge is 0.366 e. The van der Waals surface area contributed by atoms with Crippen LogP contribution in [0.5, 0.6) is 0 Å². The van der Waals surface area contributed by atoms with Gasteiger partial charge in [-0.05, 0) is 60.2 Å². The minimum absolute atomic E-state index is 0.0295. The fourth-order valence-corrected chi connectivity index (χ4v) is 6.00. The number of nitrogens with zero attached hydrogens (tertiary/aromatic N) is 1. The number of nitrogens with one attached hydrogen (secondary N) is 1. The second-order valence-electron chi connectivity index (χ2n) is 9.78. The summed E-state index contributed by atoms with van der Waals surface area (Å²) in [6, 6.07) is 23.7. The number of carbonyl (C=O) groups excluding carboxylic acids is 2. The lowest BCUT2D eigenvalue weighted by molar-refractivity contribution is -0.121. The highest BCUT2D eigenvalue weighted by atomic mass is 35.5. The van der Waals surface area contributed by atoms with Crippen molar-refractivity contribution in [1.82, 2.24) is 10.2 Å². The summed E-state index contributed by atoms with van der Waals surface area (Å²) in [4.78, 5) is 26.4. The first-order valence-corrected chi connectivity index (χ1v) is 13.4. The first-order chi connectivity index (χ1) is 17.7. The van der Waals surface area contributed by atoms with Crippen LogP contribution in [0.4, 0.5) is 0 Å². The summed E-state index contributed by atoms with van der Waals surface area (Å²) >= 11 is 12.7. The Bertz CT molecular complexity index is 1240. The zero-order chi connectivity index (χ0) is 26.6. The Balaban J connectivity index is 1.70. The third-order valence-corrected chi connectivity index (χ3v) is 8.26. The number of amides is 2. The van der Waals surface area contributed by atoms with Gasteiger partial charge >= 0.3 is 0 Å². The van der Waals surface area contributed by atoms with Crippen LogP contribution in [0.25, 0.3) is 0 Å². The Morgan fingerprint density at radius 3 is 2.11 bits per heavy atom. The highest BCUT2D eigenvalue weighted by Gasteiger charge is 2.40. The van der Waals surface area contributed by atoms with Gasteiger partial charge in [-0.1, -0.05) is 78.7 Å². The number of hydrogen-bond acceptors (Lipinski definition) is 3. The second-order valence-corrected chi connectivity index (χ2v) is 10.6. The Hall–Kier alpha value is -2.86. The van der Waals surface area contributed by atoms with E-state index in [-0.39, 0.29) is 17.9 Å². The summed E-state index contributed by atoms with van der Waals surface area (Å²) in [6.07, 6.45) is 2.45. The summed E-state index contributed by atoms with van der Waals surface area (Å²) < 4.78 is 0. The van der Waals surface area contributed by atoms with E-state index in [4.69, 9.17) is 28.9 Å². The molecule has 3 N–H and O–H groups in total. The van der Waals surface area contributed by atoms with Gasteiger partial charge < -0.3 is 11.1 Å². The van der Waals surface area contributed by atoms with Crippen molar-refractivity contribution in [3.05, 3.63) is 105 Å². The number of carbonyl (C=O) groups is 2. The quantitative estimate of drug-likeness (QED) is 0.346. The van der Waals surface area contributed by atoms with Gasteiger partial charge in [0.1, 0.15) is 0 Å². The highest BCUT2D eigenvalue weighted by molar-refractivity contribution is 6.42. The molecule has 194 valence electrons. The molecule has 0 bridgehead atoms. The number of hydrogen-bond donors (Lipinski definition) is 2. The van der Waals surface area contributed by atoms with Crippen molar-refractivity contribution in [3.63, 3.8) is 0 Å². The molecule has 1 saturated heterocycles. The van der Waals surface area contributed by atoms with Gasteiger partial charge in [-0.25, -0.2) is 0 Å². The van der Waals surface area contributed by atoms with Crippen LogP contribution in [0.15, 0.2) is 72.8 Å². The maximum atomic E-state index is 12.2. The van der Waals surface area contributed by atoms with Crippen LogP contribution in [0, 0.1) is 0 Å². The lowest BCUT2D eigenvalue weighted by atomic mass is 9.78. The normalized spacial score (nSPS) is 17.1. The SMILES string of the molecule is CCC(c1ccc(Cl)c(Cl)c1)C(c1ccc(C(N)=O)cc1)N1CCC(NC(C)=O)(c2ccccc2)CC1. The van der Waals surface area contributed by atoms with E-state index in [9.17, 15) is 9.59 Å². The summed E-state index contributed by atoms with van der Waals surface area (Å²) in [5.74, 6) is -0.335. The van der Waals surface area contributed by atoms with Crippen molar-refractivity contribution in [2.75, 3.05) is 13.1 Å². The molecular formula is C30H33Cl2N3O2. The maximum Gasteiger partial charge on any atom is 0.248 e. The number of halogens is 2. The standard InChI is InChI=1S/C30H33Cl2N3O2/c1-3-25(23-13-14-26(31)27(32)19-23)28(21-9-11-22(12-10-21)29(33)37)35-17-15-30(16-18-35,34-20(2)36)24-7-5-4-6-8-24/h4-14,19,25,28H,3,15-18H2,1-2H3,(H2,33,37)(H,34,36). The molecule has 3 aromatic rings. The van der Waals surface area contributed by atoms with Crippen molar-refractivity contribution in [1.29, 1.82) is 0 Å². The Kier molecular flexibility index (Phi) is 8.58. The van der Waals surface area contributed by atoms with Crippen molar-refractivity contribution in [2.45, 2.75) is 50.6 Å². The minimum Gasteiger partial charge on any atom is -0.366 e. The van der Waals surface area contributed by atoms with Gasteiger partial charge in [0.25, 0.3) is 0 Å². The van der Waals surface area contributed by atoms with E-state index in [1.54, 1.807) is 19.1 Å². The lowest BCUT2D eigenvalue weighted by Gasteiger charge is -2.47. The zero-order valence-corrected chi connectivity index (χ0v) is 22.7. The monoisotopic (exact) mass is 537 g/mol. The maximum absolute atomic E-state index is 12.2. The number of nitrogens with two attached hydrogens (primary N) is 1. The van der Waals surface area contributed by atoms with Gasteiger partial charge in [0.15, 0.2) is 0 Å². The predicted molar refractivity (Wildman–Crippen MR) is 150 cm³/mol. The van der Waals surface area contributed by atoms with Crippen molar-refractivity contribution < 1.29 is 9.59 Å². The minimum atomic E-state index is -0.444. The first-order valence-electron chi connectivity index (χ1n) is 12.7. The van der Waals surface area contributed by atoms with E-state index in [1.165, 1.54) is 0 Å². The fourth-order valence-electron chi connectivity index (χ4n) is 5.69. The average Bonchev–Trinajstić information content (AvgIpc) is 2.90. The Morgan fingerprint density at radius 1 is 0.946 bits per heavy atom. The van der Waals surface area contributed by atoms with Gasteiger partial charge in [-0.3, -0.25) is 14.5 Å². The number of benzene rings is 3. The molecule has 37 heavy (non-hydrogen) atoms. The number of rotatable bonds is 8. The first kappa shape index (κ1) is 27.2. The van der Waals surface area contributed by atoms with Crippen LogP contribution in [-0.4, -0.2) is 29.8 Å². The molecule has 5 nitrogen and oxygen atoms in total. The third-order valence-electron chi connectivity index (χ3n) is 7.52. The number of piperidine rings is 1. The molecule has 3 aromatic carbocycles. The molecule has 0 saturated carbocycles. The van der Waals surface area contributed by atoms with Crippen LogP contribution in [-0.2, 0) is 10.3 Å². The van der Waals surface area contributed by atoms with Crippen LogP contribution in [0.3, 0.4) is 0 Å². The third kappa shape index (κ3) is 6.01. The molecule has 0 radical (unpaired) electrons. The summed E-state index contributed by atoms with van der Waals surface area (Å²) in [7, 11) is 0. The lowest BCUT2D eigenvalue weighted by Crippen LogP contribution is -2.53. The molecule has 0 aliphatic carbocycles. The molecule has 2 unspecified atom stereocenters. The Labute approximate surface area is 228 Å². The van der Waals surface area contributed by atoms with Gasteiger partial charge in [0.05, 0.1) is 15.6 Å². The summed E-state index contributed by atoms with van der Waals surface area (Å²) in [6.45, 7) is 5.33. The highest BCUT2D eigenvalue weighted by Crippen LogP contribution is 2.43. The van der Waals surface area contributed by atoms with Crippen molar-refractivity contribution in [2.24, 2.45) is 5.73 Å². The molecule has 0 aromatic heterocycles. The molecule has 2 atom stereocenters.